The molecule has 0 aliphatic carbocycles. The van der Waals surface area contributed by atoms with Crippen LogP contribution < -0.4 is 5.32 Å². The van der Waals surface area contributed by atoms with Crippen LogP contribution in [-0.4, -0.2) is 34.9 Å². The molecule has 0 saturated carbocycles. The minimum absolute atomic E-state index is 0.0528. The zero-order valence-electron chi connectivity index (χ0n) is 14.6. The maximum Gasteiger partial charge on any atom is 0.255 e. The van der Waals surface area contributed by atoms with Gasteiger partial charge in [-0.15, -0.1) is 11.3 Å². The van der Waals surface area contributed by atoms with Crippen LogP contribution in [0.1, 0.15) is 34.9 Å². The second kappa shape index (κ2) is 7.47. The van der Waals surface area contributed by atoms with E-state index < -0.39 is 0 Å². The van der Waals surface area contributed by atoms with E-state index in [2.05, 4.69) is 15.2 Å². The van der Waals surface area contributed by atoms with Crippen molar-refractivity contribution in [2.75, 3.05) is 13.1 Å². The summed E-state index contributed by atoms with van der Waals surface area (Å²) in [6, 6.07) is 5.95. The number of piperidine rings is 1. The van der Waals surface area contributed by atoms with Crippen LogP contribution >= 0.6 is 11.3 Å². The number of hydrogen-bond acceptors (Lipinski definition) is 6. The van der Waals surface area contributed by atoms with Crippen molar-refractivity contribution in [2.45, 2.75) is 32.4 Å². The molecular weight excluding hydrogens is 350 g/mol. The third kappa shape index (κ3) is 3.73. The smallest absolute Gasteiger partial charge is 0.255 e. The first-order chi connectivity index (χ1) is 12.7. The fourth-order valence-corrected chi connectivity index (χ4v) is 3.90. The molecule has 1 aliphatic rings. The Hall–Kier alpha value is -2.38. The monoisotopic (exact) mass is 371 g/mol. The highest BCUT2D eigenvalue weighted by Crippen LogP contribution is 2.26. The lowest BCUT2D eigenvalue weighted by Crippen LogP contribution is -2.44. The lowest BCUT2D eigenvalue weighted by molar-refractivity contribution is 0.0904. The Balaban J connectivity index is 1.27. The number of nitrogens with one attached hydrogen (secondary N) is 1. The predicted molar refractivity (Wildman–Crippen MR) is 99.0 cm³/mol. The molecule has 0 bridgehead atoms. The third-order valence-corrected chi connectivity index (χ3v) is 5.59. The summed E-state index contributed by atoms with van der Waals surface area (Å²) in [5, 5.41) is 5.14. The molecule has 1 N–H and O–H groups in total. The molecule has 0 atom stereocenters. The molecule has 6 nitrogen and oxygen atoms in total. The number of nitrogens with zero attached hydrogens (tertiary/aromatic N) is 2. The molecule has 0 radical (unpaired) electrons. The Bertz CT molecular complexity index is 860. The van der Waals surface area contributed by atoms with E-state index in [4.69, 9.17) is 8.83 Å². The molecule has 0 aromatic carbocycles. The lowest BCUT2D eigenvalue weighted by Gasteiger charge is -2.31. The van der Waals surface area contributed by atoms with Gasteiger partial charge in [0.15, 0.2) is 5.76 Å². The largest absolute Gasteiger partial charge is 0.469 e. The normalized spacial score (nSPS) is 16.0. The fraction of sp³-hybridized carbons (Fsp3) is 0.368. The van der Waals surface area contributed by atoms with Crippen LogP contribution in [0.15, 0.2) is 44.9 Å². The van der Waals surface area contributed by atoms with Crippen molar-refractivity contribution in [3.63, 3.8) is 0 Å². The van der Waals surface area contributed by atoms with Crippen molar-refractivity contribution in [1.29, 1.82) is 0 Å². The lowest BCUT2D eigenvalue weighted by atomic mass is 10.0. The summed E-state index contributed by atoms with van der Waals surface area (Å²) in [6.07, 6.45) is 5.18. The molecule has 1 aliphatic heterocycles. The topological polar surface area (TPSA) is 71.5 Å². The number of rotatable bonds is 5. The summed E-state index contributed by atoms with van der Waals surface area (Å²) < 4.78 is 11.1. The highest BCUT2D eigenvalue weighted by atomic mass is 32.1. The molecule has 3 aromatic heterocycles. The Morgan fingerprint density at radius 2 is 2.23 bits per heavy atom. The first-order valence-corrected chi connectivity index (χ1v) is 9.63. The van der Waals surface area contributed by atoms with Crippen LogP contribution in [0.4, 0.5) is 0 Å². The van der Waals surface area contributed by atoms with Crippen molar-refractivity contribution in [3.05, 3.63) is 53.3 Å². The van der Waals surface area contributed by atoms with Crippen LogP contribution in [-0.2, 0) is 6.54 Å². The van der Waals surface area contributed by atoms with Crippen LogP contribution in [0.5, 0.6) is 0 Å². The quantitative estimate of drug-likeness (QED) is 0.740. The molecule has 1 amide bonds. The van der Waals surface area contributed by atoms with Crippen molar-refractivity contribution in [1.82, 2.24) is 15.2 Å². The summed E-state index contributed by atoms with van der Waals surface area (Å²) in [6.45, 7) is 4.32. The SMILES string of the molecule is Cc1occc1C(=O)NC1CCN(Cc2ncc(-c3cccs3)o2)CC1. The maximum atomic E-state index is 12.3. The van der Waals surface area contributed by atoms with Crippen molar-refractivity contribution < 1.29 is 13.6 Å². The number of aryl methyl sites for hydroxylation is 1. The number of likely N-dealkylation sites (tertiary alicyclic amines) is 1. The van der Waals surface area contributed by atoms with Crippen LogP contribution in [0.2, 0.25) is 0 Å². The fourth-order valence-electron chi connectivity index (χ4n) is 3.23. The van der Waals surface area contributed by atoms with Crippen LogP contribution in [0, 0.1) is 6.92 Å². The van der Waals surface area contributed by atoms with Crippen LogP contribution in [0.3, 0.4) is 0 Å². The molecule has 0 unspecified atom stereocenters. The Morgan fingerprint density at radius 3 is 2.92 bits per heavy atom. The van der Waals surface area contributed by atoms with Gasteiger partial charge in [-0.05, 0) is 37.3 Å². The Morgan fingerprint density at radius 1 is 1.38 bits per heavy atom. The zero-order chi connectivity index (χ0) is 17.9. The van der Waals surface area contributed by atoms with Crippen molar-refractivity contribution in [2.24, 2.45) is 0 Å². The van der Waals surface area contributed by atoms with E-state index in [1.54, 1.807) is 36.8 Å². The van der Waals surface area contributed by atoms with Crippen molar-refractivity contribution in [3.8, 4) is 10.6 Å². The predicted octanol–water partition coefficient (Wildman–Crippen LogP) is 3.70. The number of carbonyl (C=O) groups is 1. The number of hydrogen-bond donors (Lipinski definition) is 1. The van der Waals surface area contributed by atoms with E-state index in [0.717, 1.165) is 42.5 Å². The minimum Gasteiger partial charge on any atom is -0.469 e. The summed E-state index contributed by atoms with van der Waals surface area (Å²) >= 11 is 1.65. The number of aromatic nitrogens is 1. The molecule has 4 heterocycles. The van der Waals surface area contributed by atoms with Gasteiger partial charge in [0, 0.05) is 19.1 Å². The first-order valence-electron chi connectivity index (χ1n) is 8.75. The second-order valence-corrected chi connectivity index (χ2v) is 7.46. The molecule has 26 heavy (non-hydrogen) atoms. The van der Waals surface area contributed by atoms with Crippen LogP contribution in [0.25, 0.3) is 10.6 Å². The van der Waals surface area contributed by atoms with Gasteiger partial charge in [0.25, 0.3) is 5.91 Å². The minimum atomic E-state index is -0.0528. The van der Waals surface area contributed by atoms with Gasteiger partial charge in [-0.25, -0.2) is 4.98 Å². The molecule has 4 rings (SSSR count). The number of furan rings is 1. The van der Waals surface area contributed by atoms with Gasteiger partial charge in [-0.2, -0.15) is 0 Å². The van der Waals surface area contributed by atoms with E-state index >= 15 is 0 Å². The van der Waals surface area contributed by atoms with E-state index in [0.29, 0.717) is 17.9 Å². The standard InChI is InChI=1S/C19H21N3O3S/c1-13-15(6-9-24-13)19(23)21-14-4-7-22(8-5-14)12-18-20-11-16(25-18)17-3-2-10-26-17/h2-3,6,9-11,14H,4-5,7-8,12H2,1H3,(H,21,23). The Labute approximate surface area is 155 Å². The van der Waals surface area contributed by atoms with Gasteiger partial charge in [-0.3, -0.25) is 9.69 Å². The van der Waals surface area contributed by atoms with E-state index in [1.165, 1.54) is 0 Å². The summed E-state index contributed by atoms with van der Waals surface area (Å²) in [5.74, 6) is 2.17. The van der Waals surface area contributed by atoms with Gasteiger partial charge in [0.2, 0.25) is 5.89 Å². The zero-order valence-corrected chi connectivity index (χ0v) is 15.4. The third-order valence-electron chi connectivity index (χ3n) is 4.70. The summed E-state index contributed by atoms with van der Waals surface area (Å²) in [4.78, 5) is 20.1. The van der Waals surface area contributed by atoms with Gasteiger partial charge in [-0.1, -0.05) is 6.07 Å². The van der Waals surface area contributed by atoms with Gasteiger partial charge >= 0.3 is 0 Å². The molecule has 3 aromatic rings. The molecule has 136 valence electrons. The van der Waals surface area contributed by atoms with E-state index in [-0.39, 0.29) is 11.9 Å². The maximum absolute atomic E-state index is 12.3. The number of amides is 1. The molecule has 1 fully saturated rings. The highest BCUT2D eigenvalue weighted by molar-refractivity contribution is 7.13. The van der Waals surface area contributed by atoms with E-state index in [9.17, 15) is 4.79 Å². The molecule has 1 saturated heterocycles. The number of thiophene rings is 1. The average molecular weight is 371 g/mol. The number of oxazole rings is 1. The van der Waals surface area contributed by atoms with E-state index in [1.807, 2.05) is 17.5 Å². The second-order valence-electron chi connectivity index (χ2n) is 6.51. The van der Waals surface area contributed by atoms with Gasteiger partial charge in [0.05, 0.1) is 29.4 Å². The molecule has 7 heteroatoms. The van der Waals surface area contributed by atoms with Gasteiger partial charge in [0.1, 0.15) is 5.76 Å². The number of carbonyl (C=O) groups excluding carboxylic acids is 1. The molecule has 0 spiro atoms. The summed E-state index contributed by atoms with van der Waals surface area (Å²) in [5.41, 5.74) is 0.619. The van der Waals surface area contributed by atoms with Crippen molar-refractivity contribution >= 4 is 17.2 Å². The average Bonchev–Trinajstić information content (AvgIpc) is 3.37. The highest BCUT2D eigenvalue weighted by Gasteiger charge is 2.23. The van der Waals surface area contributed by atoms with Gasteiger partial charge < -0.3 is 14.2 Å². The molecular formula is C19H21N3O3S. The first kappa shape index (κ1) is 17.1. The Kier molecular flexibility index (Phi) is 4.90. The summed E-state index contributed by atoms with van der Waals surface area (Å²) in [7, 11) is 0.